The van der Waals surface area contributed by atoms with Gasteiger partial charge in [0.15, 0.2) is 5.65 Å². The number of aryl methyl sites for hydroxylation is 2. The first-order valence-corrected chi connectivity index (χ1v) is 11.6. The molecule has 0 atom stereocenters. The Kier molecular flexibility index (Phi) is 5.01. The highest BCUT2D eigenvalue weighted by molar-refractivity contribution is 7.12. The molecule has 1 aliphatic rings. The van der Waals surface area contributed by atoms with Crippen LogP contribution in [0.15, 0.2) is 36.5 Å². The van der Waals surface area contributed by atoms with Crippen LogP contribution in [0.1, 0.15) is 45.6 Å². The van der Waals surface area contributed by atoms with Crippen molar-refractivity contribution in [3.05, 3.63) is 67.5 Å². The number of benzene rings is 1. The van der Waals surface area contributed by atoms with Gasteiger partial charge in [-0.25, -0.2) is 9.67 Å². The molecular formula is C24H23N5O3S. The van der Waals surface area contributed by atoms with Crippen molar-refractivity contribution >= 4 is 39.7 Å². The van der Waals surface area contributed by atoms with Gasteiger partial charge >= 0.3 is 0 Å². The highest BCUT2D eigenvalue weighted by Crippen LogP contribution is 2.36. The topological polar surface area (TPSA) is 94.2 Å². The van der Waals surface area contributed by atoms with Crippen LogP contribution in [-0.2, 0) is 6.42 Å². The van der Waals surface area contributed by atoms with Crippen LogP contribution >= 0.6 is 11.3 Å². The Balaban J connectivity index is 1.69. The molecule has 3 aromatic heterocycles. The van der Waals surface area contributed by atoms with E-state index in [1.165, 1.54) is 17.0 Å². The van der Waals surface area contributed by atoms with Crippen molar-refractivity contribution in [3.63, 3.8) is 0 Å². The van der Waals surface area contributed by atoms with Gasteiger partial charge in [0.25, 0.3) is 11.6 Å². The molecule has 1 aliphatic heterocycles. The fourth-order valence-corrected chi connectivity index (χ4v) is 5.37. The number of carbonyl (C=O) groups excluding carboxylic acids is 1. The van der Waals surface area contributed by atoms with E-state index in [0.717, 1.165) is 21.7 Å². The SMILES string of the molecule is Cc1cc(-c2cc(C(=O)N3CCc4ccc([N+](=O)[O-])cc43)c3cnn(C(C)C)c3n2)c(C)s1. The highest BCUT2D eigenvalue weighted by atomic mass is 32.1. The molecule has 33 heavy (non-hydrogen) atoms. The summed E-state index contributed by atoms with van der Waals surface area (Å²) in [7, 11) is 0. The molecule has 5 rings (SSSR count). The Morgan fingerprint density at radius 1 is 1.21 bits per heavy atom. The number of nitrogens with zero attached hydrogens (tertiary/aromatic N) is 5. The maximum atomic E-state index is 13.9. The highest BCUT2D eigenvalue weighted by Gasteiger charge is 2.30. The summed E-state index contributed by atoms with van der Waals surface area (Å²) in [4.78, 5) is 33.6. The van der Waals surface area contributed by atoms with Crippen molar-refractivity contribution in [3.8, 4) is 11.3 Å². The van der Waals surface area contributed by atoms with Gasteiger partial charge in [-0.2, -0.15) is 5.10 Å². The van der Waals surface area contributed by atoms with E-state index in [9.17, 15) is 14.9 Å². The molecule has 0 radical (unpaired) electrons. The maximum Gasteiger partial charge on any atom is 0.271 e. The Bertz CT molecular complexity index is 1440. The Labute approximate surface area is 194 Å². The lowest BCUT2D eigenvalue weighted by atomic mass is 10.1. The third-order valence-corrected chi connectivity index (χ3v) is 6.99. The number of pyridine rings is 1. The van der Waals surface area contributed by atoms with Crippen molar-refractivity contribution in [2.45, 2.75) is 40.2 Å². The van der Waals surface area contributed by atoms with E-state index in [0.29, 0.717) is 35.2 Å². The van der Waals surface area contributed by atoms with E-state index in [2.05, 4.69) is 25.0 Å². The molecule has 1 amide bonds. The van der Waals surface area contributed by atoms with Crippen LogP contribution < -0.4 is 4.90 Å². The quantitative estimate of drug-likeness (QED) is 0.297. The van der Waals surface area contributed by atoms with Crippen LogP contribution in [-0.4, -0.2) is 32.1 Å². The number of hydrogen-bond acceptors (Lipinski definition) is 6. The molecule has 0 unspecified atom stereocenters. The Morgan fingerprint density at radius 3 is 2.67 bits per heavy atom. The number of fused-ring (bicyclic) bond motifs is 2. The molecule has 0 aliphatic carbocycles. The zero-order valence-corrected chi connectivity index (χ0v) is 19.6. The fourth-order valence-electron chi connectivity index (χ4n) is 4.43. The summed E-state index contributed by atoms with van der Waals surface area (Å²) >= 11 is 1.69. The second-order valence-electron chi connectivity index (χ2n) is 8.58. The molecule has 0 bridgehead atoms. The minimum Gasteiger partial charge on any atom is -0.307 e. The predicted octanol–water partition coefficient (Wildman–Crippen LogP) is 5.47. The Hall–Kier alpha value is -3.59. The van der Waals surface area contributed by atoms with Crippen molar-refractivity contribution in [2.24, 2.45) is 0 Å². The van der Waals surface area contributed by atoms with Gasteiger partial charge in [0.05, 0.1) is 33.5 Å². The number of nitro groups is 1. The number of thiophene rings is 1. The molecule has 0 fully saturated rings. The van der Waals surface area contributed by atoms with Gasteiger partial charge in [-0.3, -0.25) is 14.9 Å². The monoisotopic (exact) mass is 461 g/mol. The molecule has 1 aromatic carbocycles. The predicted molar refractivity (Wildman–Crippen MR) is 129 cm³/mol. The average Bonchev–Trinajstić information content (AvgIpc) is 3.47. The summed E-state index contributed by atoms with van der Waals surface area (Å²) in [6.45, 7) is 8.63. The summed E-state index contributed by atoms with van der Waals surface area (Å²) in [5.41, 5.74) is 4.40. The fraction of sp³-hybridized carbons (Fsp3) is 0.292. The van der Waals surface area contributed by atoms with Crippen LogP contribution in [0.4, 0.5) is 11.4 Å². The van der Waals surface area contributed by atoms with Crippen LogP contribution in [0.3, 0.4) is 0 Å². The number of nitro benzene ring substituents is 1. The van der Waals surface area contributed by atoms with E-state index in [4.69, 9.17) is 4.98 Å². The normalized spacial score (nSPS) is 13.2. The Morgan fingerprint density at radius 2 is 2.00 bits per heavy atom. The zero-order chi connectivity index (χ0) is 23.4. The first-order chi connectivity index (χ1) is 15.7. The molecule has 0 saturated carbocycles. The molecule has 9 heteroatoms. The van der Waals surface area contributed by atoms with E-state index < -0.39 is 4.92 Å². The van der Waals surface area contributed by atoms with Crippen LogP contribution in [0, 0.1) is 24.0 Å². The van der Waals surface area contributed by atoms with Gasteiger partial charge < -0.3 is 4.90 Å². The molecule has 168 valence electrons. The third-order valence-electron chi connectivity index (χ3n) is 6.02. The van der Waals surface area contributed by atoms with Gasteiger partial charge in [0.2, 0.25) is 0 Å². The van der Waals surface area contributed by atoms with Gasteiger partial charge in [0.1, 0.15) is 0 Å². The van der Waals surface area contributed by atoms with Crippen molar-refractivity contribution in [2.75, 3.05) is 11.4 Å². The van der Waals surface area contributed by atoms with Crippen LogP contribution in [0.5, 0.6) is 0 Å². The summed E-state index contributed by atoms with van der Waals surface area (Å²) < 4.78 is 1.83. The number of rotatable bonds is 4. The number of aromatic nitrogens is 3. The molecule has 0 saturated heterocycles. The molecule has 4 aromatic rings. The minimum atomic E-state index is -0.432. The summed E-state index contributed by atoms with van der Waals surface area (Å²) in [6.07, 6.45) is 2.35. The average molecular weight is 462 g/mol. The van der Waals surface area contributed by atoms with Crippen LogP contribution in [0.2, 0.25) is 0 Å². The summed E-state index contributed by atoms with van der Waals surface area (Å²) in [5.74, 6) is -0.198. The third kappa shape index (κ3) is 3.48. The maximum absolute atomic E-state index is 13.9. The molecule has 0 spiro atoms. The number of amides is 1. The first kappa shape index (κ1) is 21.3. The summed E-state index contributed by atoms with van der Waals surface area (Å²) in [5, 5.41) is 16.5. The lowest BCUT2D eigenvalue weighted by Crippen LogP contribution is -2.29. The van der Waals surface area contributed by atoms with Crippen molar-refractivity contribution in [1.82, 2.24) is 14.8 Å². The van der Waals surface area contributed by atoms with Crippen LogP contribution in [0.25, 0.3) is 22.3 Å². The van der Waals surface area contributed by atoms with E-state index >= 15 is 0 Å². The lowest BCUT2D eigenvalue weighted by Gasteiger charge is -2.18. The number of anilines is 1. The molecule has 0 N–H and O–H groups in total. The van der Waals surface area contributed by atoms with Gasteiger partial charge in [-0.15, -0.1) is 11.3 Å². The smallest absolute Gasteiger partial charge is 0.271 e. The number of hydrogen-bond donors (Lipinski definition) is 0. The number of non-ortho nitro benzene ring substituents is 1. The first-order valence-electron chi connectivity index (χ1n) is 10.8. The zero-order valence-electron chi connectivity index (χ0n) is 18.8. The minimum absolute atomic E-state index is 0.0222. The number of carbonyl (C=O) groups is 1. The second-order valence-corrected chi connectivity index (χ2v) is 10.0. The van der Waals surface area contributed by atoms with E-state index in [1.807, 2.05) is 24.6 Å². The van der Waals surface area contributed by atoms with Crippen molar-refractivity contribution < 1.29 is 9.72 Å². The lowest BCUT2D eigenvalue weighted by molar-refractivity contribution is -0.384. The molecular weight excluding hydrogens is 438 g/mol. The van der Waals surface area contributed by atoms with Gasteiger partial charge in [-0.05, 0) is 51.8 Å². The molecule has 4 heterocycles. The van der Waals surface area contributed by atoms with Gasteiger partial charge in [0, 0.05) is 40.0 Å². The van der Waals surface area contributed by atoms with Crippen molar-refractivity contribution in [1.29, 1.82) is 0 Å². The van der Waals surface area contributed by atoms with E-state index in [1.54, 1.807) is 28.5 Å². The standard InChI is InChI=1S/C24H23N5O3S/c1-13(2)28-23-20(12-25-28)19(11-21(26-23)18-9-14(3)33-15(18)4)24(30)27-8-7-16-5-6-17(29(31)32)10-22(16)27/h5-6,9-13H,7-8H2,1-4H3. The van der Waals surface area contributed by atoms with E-state index in [-0.39, 0.29) is 17.6 Å². The molecule has 8 nitrogen and oxygen atoms in total. The second kappa shape index (κ2) is 7.77. The van der Waals surface area contributed by atoms with Gasteiger partial charge in [-0.1, -0.05) is 6.07 Å². The largest absolute Gasteiger partial charge is 0.307 e. The summed E-state index contributed by atoms with van der Waals surface area (Å²) in [6, 6.07) is 8.72.